The van der Waals surface area contributed by atoms with Crippen molar-refractivity contribution in [3.05, 3.63) is 63.4 Å². The summed E-state index contributed by atoms with van der Waals surface area (Å²) in [5, 5.41) is 8.61. The summed E-state index contributed by atoms with van der Waals surface area (Å²) in [7, 11) is 0. The Kier molecular flexibility index (Phi) is 6.50. The van der Waals surface area contributed by atoms with E-state index >= 15 is 0 Å². The van der Waals surface area contributed by atoms with Crippen molar-refractivity contribution in [2.45, 2.75) is 26.8 Å². The molecule has 0 saturated carbocycles. The zero-order valence-electron chi connectivity index (χ0n) is 16.0. The molecule has 29 heavy (non-hydrogen) atoms. The van der Waals surface area contributed by atoms with E-state index in [0.29, 0.717) is 5.69 Å². The van der Waals surface area contributed by atoms with Crippen molar-refractivity contribution < 1.29 is 14.3 Å². The molecule has 0 aliphatic heterocycles. The van der Waals surface area contributed by atoms with E-state index in [9.17, 15) is 14.4 Å². The zero-order valence-corrected chi connectivity index (χ0v) is 16.9. The zero-order chi connectivity index (χ0) is 20.8. The number of ether oxygens (including phenoxy) is 1. The Morgan fingerprint density at radius 3 is 2.59 bits per heavy atom. The summed E-state index contributed by atoms with van der Waals surface area (Å²) in [6, 6.07) is 10.9. The van der Waals surface area contributed by atoms with Crippen molar-refractivity contribution in [2.75, 3.05) is 11.9 Å². The van der Waals surface area contributed by atoms with Crippen LogP contribution in [0.4, 0.5) is 5.13 Å². The lowest BCUT2D eigenvalue weighted by atomic mass is 10.1. The molecule has 0 aliphatic rings. The molecule has 3 aromatic rings. The number of carbonyl (C=O) groups excluding carboxylic acids is 2. The van der Waals surface area contributed by atoms with Crippen LogP contribution in [0.25, 0.3) is 11.3 Å². The highest BCUT2D eigenvalue weighted by molar-refractivity contribution is 7.14. The summed E-state index contributed by atoms with van der Waals surface area (Å²) >= 11 is 1.10. The van der Waals surface area contributed by atoms with Gasteiger partial charge in [-0.3, -0.25) is 9.59 Å². The van der Waals surface area contributed by atoms with E-state index in [-0.39, 0.29) is 29.5 Å². The summed E-state index contributed by atoms with van der Waals surface area (Å²) in [6.45, 7) is 3.74. The summed E-state index contributed by atoms with van der Waals surface area (Å²) in [4.78, 5) is 40.1. The number of amides is 1. The van der Waals surface area contributed by atoms with Crippen molar-refractivity contribution in [1.29, 1.82) is 0 Å². The number of aromatic nitrogens is 3. The highest BCUT2D eigenvalue weighted by Crippen LogP contribution is 2.17. The molecule has 8 nitrogen and oxygen atoms in total. The van der Waals surface area contributed by atoms with E-state index in [2.05, 4.69) is 22.3 Å². The number of aryl methyl sites for hydroxylation is 1. The predicted molar refractivity (Wildman–Crippen MR) is 110 cm³/mol. The largest absolute Gasteiger partial charge is 0.461 e. The molecule has 0 fully saturated rings. The van der Waals surface area contributed by atoms with E-state index in [1.807, 2.05) is 24.3 Å². The van der Waals surface area contributed by atoms with Crippen LogP contribution in [0.5, 0.6) is 0 Å². The van der Waals surface area contributed by atoms with Gasteiger partial charge in [0.05, 0.1) is 12.3 Å². The molecule has 3 rings (SSSR count). The monoisotopic (exact) mass is 412 g/mol. The fourth-order valence-corrected chi connectivity index (χ4v) is 3.25. The van der Waals surface area contributed by atoms with Crippen molar-refractivity contribution in [1.82, 2.24) is 14.8 Å². The lowest BCUT2D eigenvalue weighted by Gasteiger charge is -2.07. The van der Waals surface area contributed by atoms with Crippen molar-refractivity contribution in [3.63, 3.8) is 0 Å². The minimum atomic E-state index is -0.552. The molecule has 150 valence electrons. The number of hydrogen-bond acceptors (Lipinski definition) is 7. The van der Waals surface area contributed by atoms with Crippen molar-refractivity contribution >= 4 is 28.3 Å². The van der Waals surface area contributed by atoms with Gasteiger partial charge < -0.3 is 10.1 Å². The second-order valence-corrected chi connectivity index (χ2v) is 6.93. The maximum atomic E-state index is 12.3. The number of hydrogen-bond donors (Lipinski definition) is 1. The molecule has 2 heterocycles. The van der Waals surface area contributed by atoms with Gasteiger partial charge in [0.2, 0.25) is 5.91 Å². The van der Waals surface area contributed by atoms with E-state index in [1.54, 1.807) is 13.0 Å². The summed E-state index contributed by atoms with van der Waals surface area (Å²) in [5.41, 5.74) is 2.39. The summed E-state index contributed by atoms with van der Waals surface area (Å²) < 4.78 is 5.96. The van der Waals surface area contributed by atoms with E-state index in [1.165, 1.54) is 17.0 Å². The summed E-state index contributed by atoms with van der Waals surface area (Å²) in [5.74, 6) is -1.02. The SMILES string of the molecule is CCOC(=O)c1csc(NC(=O)Cn2nc(-c3ccc(CC)cc3)ccc2=O)n1. The molecule has 0 spiro atoms. The fraction of sp³-hybridized carbons (Fsp3) is 0.250. The van der Waals surface area contributed by atoms with Gasteiger partial charge in [0.25, 0.3) is 5.56 Å². The van der Waals surface area contributed by atoms with Crippen LogP contribution in [0, 0.1) is 0 Å². The first kappa shape index (κ1) is 20.4. The third-order valence-electron chi connectivity index (χ3n) is 4.05. The maximum Gasteiger partial charge on any atom is 0.357 e. The van der Waals surface area contributed by atoms with E-state index in [0.717, 1.165) is 28.0 Å². The number of rotatable bonds is 7. The Hall–Kier alpha value is -3.33. The fourth-order valence-electron chi connectivity index (χ4n) is 2.55. The van der Waals surface area contributed by atoms with Gasteiger partial charge in [-0.1, -0.05) is 31.2 Å². The molecular weight excluding hydrogens is 392 g/mol. The smallest absolute Gasteiger partial charge is 0.357 e. The van der Waals surface area contributed by atoms with E-state index < -0.39 is 11.9 Å². The number of carbonyl (C=O) groups is 2. The quantitative estimate of drug-likeness (QED) is 0.599. The minimum absolute atomic E-state index is 0.125. The van der Waals surface area contributed by atoms with Gasteiger partial charge in [-0.05, 0) is 25.0 Å². The Labute approximate surface area is 171 Å². The van der Waals surface area contributed by atoms with Crippen LogP contribution in [0.3, 0.4) is 0 Å². The molecule has 1 amide bonds. The molecule has 0 saturated heterocycles. The van der Waals surface area contributed by atoms with Gasteiger partial charge in [-0.2, -0.15) is 5.10 Å². The van der Waals surface area contributed by atoms with Gasteiger partial charge in [0.1, 0.15) is 6.54 Å². The van der Waals surface area contributed by atoms with Crippen molar-refractivity contribution in [2.24, 2.45) is 0 Å². The average Bonchev–Trinajstić information content (AvgIpc) is 3.18. The second-order valence-electron chi connectivity index (χ2n) is 6.07. The second kappa shape index (κ2) is 9.24. The molecule has 1 N–H and O–H groups in total. The molecular formula is C20H20N4O4S. The predicted octanol–water partition coefficient (Wildman–Crippen LogP) is 2.74. The van der Waals surface area contributed by atoms with Crippen LogP contribution in [0.2, 0.25) is 0 Å². The average molecular weight is 412 g/mol. The molecule has 0 radical (unpaired) electrons. The van der Waals surface area contributed by atoms with Crippen LogP contribution < -0.4 is 10.9 Å². The number of anilines is 1. The van der Waals surface area contributed by atoms with E-state index in [4.69, 9.17) is 4.74 Å². The third-order valence-corrected chi connectivity index (χ3v) is 4.81. The molecule has 0 bridgehead atoms. The third kappa shape index (κ3) is 5.14. The Morgan fingerprint density at radius 2 is 1.90 bits per heavy atom. The van der Waals surface area contributed by atoms with Gasteiger partial charge in [-0.15, -0.1) is 11.3 Å². The first-order chi connectivity index (χ1) is 14.0. The molecule has 0 unspecified atom stereocenters. The Bertz CT molecular complexity index is 1070. The van der Waals surface area contributed by atoms with Gasteiger partial charge >= 0.3 is 5.97 Å². The first-order valence-corrected chi connectivity index (χ1v) is 9.98. The van der Waals surface area contributed by atoms with Crippen LogP contribution >= 0.6 is 11.3 Å². The topological polar surface area (TPSA) is 103 Å². The lowest BCUT2D eigenvalue weighted by Crippen LogP contribution is -2.29. The molecule has 0 aliphatic carbocycles. The number of thiazole rings is 1. The maximum absolute atomic E-state index is 12.3. The number of nitrogens with one attached hydrogen (secondary N) is 1. The first-order valence-electron chi connectivity index (χ1n) is 9.10. The number of nitrogens with zero attached hydrogens (tertiary/aromatic N) is 3. The number of benzene rings is 1. The normalized spacial score (nSPS) is 10.6. The van der Waals surface area contributed by atoms with Crippen LogP contribution in [0.15, 0.2) is 46.6 Å². The highest BCUT2D eigenvalue weighted by atomic mass is 32.1. The minimum Gasteiger partial charge on any atom is -0.461 e. The summed E-state index contributed by atoms with van der Waals surface area (Å²) in [6.07, 6.45) is 0.933. The van der Waals surface area contributed by atoms with Crippen LogP contribution in [-0.4, -0.2) is 33.2 Å². The van der Waals surface area contributed by atoms with Gasteiger partial charge in [0, 0.05) is 17.0 Å². The molecule has 0 atom stereocenters. The molecule has 1 aromatic carbocycles. The molecule has 9 heteroatoms. The Morgan fingerprint density at radius 1 is 1.14 bits per heavy atom. The van der Waals surface area contributed by atoms with Crippen molar-refractivity contribution in [3.8, 4) is 11.3 Å². The Balaban J connectivity index is 1.71. The van der Waals surface area contributed by atoms with Gasteiger partial charge in [-0.25, -0.2) is 14.5 Å². The van der Waals surface area contributed by atoms with Crippen LogP contribution in [0.1, 0.15) is 29.9 Å². The lowest BCUT2D eigenvalue weighted by molar-refractivity contribution is -0.117. The molecule has 2 aromatic heterocycles. The highest BCUT2D eigenvalue weighted by Gasteiger charge is 2.14. The number of esters is 1. The van der Waals surface area contributed by atoms with Crippen LogP contribution in [-0.2, 0) is 22.5 Å². The standard InChI is InChI=1S/C20H20N4O4S/c1-3-13-5-7-14(8-6-13)15-9-10-18(26)24(23-15)11-17(25)22-20-21-16(12-29-20)19(27)28-4-2/h5-10,12H,3-4,11H2,1-2H3,(H,21,22,25). The van der Waals surface area contributed by atoms with Gasteiger partial charge in [0.15, 0.2) is 10.8 Å².